The Bertz CT molecular complexity index is 1600. The van der Waals surface area contributed by atoms with Crippen LogP contribution in [0.25, 0.3) is 5.65 Å². The van der Waals surface area contributed by atoms with Crippen LogP contribution in [0.1, 0.15) is 51.9 Å². The van der Waals surface area contributed by atoms with Crippen molar-refractivity contribution in [1.29, 1.82) is 0 Å². The number of amides is 2. The lowest BCUT2D eigenvalue weighted by Crippen LogP contribution is -2.53. The van der Waals surface area contributed by atoms with E-state index in [4.69, 9.17) is 9.72 Å². The highest BCUT2D eigenvalue weighted by molar-refractivity contribution is 5.98. The number of nitrogens with one attached hydrogen (secondary N) is 2. The molecule has 0 unspecified atom stereocenters. The van der Waals surface area contributed by atoms with Crippen molar-refractivity contribution in [3.05, 3.63) is 70.4 Å². The molecule has 1 aromatic carbocycles. The summed E-state index contributed by atoms with van der Waals surface area (Å²) in [5, 5.41) is 29.1. The molecule has 0 aliphatic carbocycles. The van der Waals surface area contributed by atoms with Crippen LogP contribution in [0.15, 0.2) is 36.7 Å². The van der Waals surface area contributed by atoms with Gasteiger partial charge >= 0.3 is 0 Å². The van der Waals surface area contributed by atoms with Crippen LogP contribution < -0.4 is 15.4 Å². The van der Waals surface area contributed by atoms with Gasteiger partial charge < -0.3 is 20.5 Å². The van der Waals surface area contributed by atoms with E-state index in [0.717, 1.165) is 33.9 Å². The third kappa shape index (κ3) is 7.35. The van der Waals surface area contributed by atoms with E-state index < -0.39 is 24.0 Å². The summed E-state index contributed by atoms with van der Waals surface area (Å²) in [6, 6.07) is 6.00. The number of aliphatic hydroxyl groups is 1. The van der Waals surface area contributed by atoms with Crippen molar-refractivity contribution in [2.45, 2.75) is 65.8 Å². The Morgan fingerprint density at radius 2 is 1.98 bits per heavy atom. The van der Waals surface area contributed by atoms with Crippen LogP contribution in [0.3, 0.4) is 0 Å². The first-order valence-electron chi connectivity index (χ1n) is 14.6. The SMILES string of the molecule is Cc1cc(C)n2ncc(CN3CCNC(=O)[C@H]([C@@H](C)O)NC(=O)c4ccc(C)c(c4)OCCCn4cc(nn4)CC3)c2n1. The molecule has 0 radical (unpaired) electrons. The number of aliphatic hydroxyl groups excluding tert-OH is 1. The van der Waals surface area contributed by atoms with Crippen LogP contribution >= 0.6 is 0 Å². The number of carbonyl (C=O) groups is 2. The Labute approximate surface area is 250 Å². The van der Waals surface area contributed by atoms with E-state index in [1.165, 1.54) is 6.92 Å². The maximum absolute atomic E-state index is 13.1. The normalized spacial score (nSPS) is 18.5. The van der Waals surface area contributed by atoms with E-state index in [1.807, 2.05) is 48.4 Å². The molecular weight excluding hydrogens is 550 g/mol. The van der Waals surface area contributed by atoms with Crippen LogP contribution in [0, 0.1) is 20.8 Å². The fraction of sp³-hybridized carbons (Fsp3) is 0.467. The van der Waals surface area contributed by atoms with Crippen molar-refractivity contribution in [2.24, 2.45) is 0 Å². The molecule has 13 nitrogen and oxygen atoms in total. The molecule has 2 amide bonds. The van der Waals surface area contributed by atoms with E-state index in [-0.39, 0.29) is 0 Å². The summed E-state index contributed by atoms with van der Waals surface area (Å²) in [4.78, 5) is 33.1. The molecule has 4 heterocycles. The molecular formula is C30H39N9O4. The maximum Gasteiger partial charge on any atom is 0.252 e. The highest BCUT2D eigenvalue weighted by Gasteiger charge is 2.26. The van der Waals surface area contributed by atoms with Gasteiger partial charge in [0, 0.05) is 74.3 Å². The molecule has 0 saturated carbocycles. The minimum absolute atomic E-state index is 0.303. The Balaban J connectivity index is 1.37. The number of hydrogen-bond donors (Lipinski definition) is 3. The van der Waals surface area contributed by atoms with Gasteiger partial charge in [0.05, 0.1) is 24.6 Å². The largest absolute Gasteiger partial charge is 0.493 e. The van der Waals surface area contributed by atoms with Crippen molar-refractivity contribution in [2.75, 3.05) is 26.2 Å². The van der Waals surface area contributed by atoms with E-state index in [2.05, 4.69) is 30.9 Å². The monoisotopic (exact) mass is 589 g/mol. The number of carbonyl (C=O) groups excluding carboxylic acids is 2. The second-order valence-corrected chi connectivity index (χ2v) is 11.1. The van der Waals surface area contributed by atoms with Crippen LogP contribution in [-0.4, -0.2) is 89.8 Å². The zero-order chi connectivity index (χ0) is 30.5. The van der Waals surface area contributed by atoms with Crippen molar-refractivity contribution in [3.8, 4) is 5.75 Å². The Hall–Kier alpha value is -4.36. The van der Waals surface area contributed by atoms with Crippen LogP contribution in [0.5, 0.6) is 5.75 Å². The van der Waals surface area contributed by atoms with Crippen LogP contribution in [0.4, 0.5) is 0 Å². The van der Waals surface area contributed by atoms with Gasteiger partial charge in [0.15, 0.2) is 5.65 Å². The van der Waals surface area contributed by atoms with E-state index in [1.54, 1.807) is 18.2 Å². The number of nitrogens with zero attached hydrogens (tertiary/aromatic N) is 7. The summed E-state index contributed by atoms with van der Waals surface area (Å²) < 4.78 is 9.62. The van der Waals surface area contributed by atoms with Gasteiger partial charge in [-0.1, -0.05) is 11.3 Å². The van der Waals surface area contributed by atoms with Crippen molar-refractivity contribution in [1.82, 2.24) is 45.1 Å². The first-order chi connectivity index (χ1) is 20.7. The van der Waals surface area contributed by atoms with Crippen LogP contribution in [0.2, 0.25) is 0 Å². The first-order valence-corrected chi connectivity index (χ1v) is 14.6. The fourth-order valence-electron chi connectivity index (χ4n) is 5.16. The molecule has 0 spiro atoms. The molecule has 13 heteroatoms. The van der Waals surface area contributed by atoms with Crippen molar-refractivity contribution >= 4 is 17.5 Å². The minimum atomic E-state index is -1.12. The maximum atomic E-state index is 13.1. The predicted octanol–water partition coefficient (Wildman–Crippen LogP) is 1.37. The van der Waals surface area contributed by atoms with Gasteiger partial charge in [-0.05, 0) is 51.5 Å². The van der Waals surface area contributed by atoms with Crippen molar-refractivity contribution in [3.63, 3.8) is 0 Å². The van der Waals surface area contributed by atoms with Gasteiger partial charge in [0.1, 0.15) is 11.8 Å². The molecule has 3 aromatic heterocycles. The predicted molar refractivity (Wildman–Crippen MR) is 159 cm³/mol. The molecule has 2 atom stereocenters. The summed E-state index contributed by atoms with van der Waals surface area (Å²) in [6.07, 6.45) is 4.05. The molecule has 1 aliphatic heterocycles. The number of hydrogen-bond acceptors (Lipinski definition) is 9. The Morgan fingerprint density at radius 3 is 2.79 bits per heavy atom. The number of benzene rings is 1. The number of aryl methyl sites for hydroxylation is 4. The molecule has 4 aromatic rings. The average Bonchev–Trinajstić information content (AvgIpc) is 3.59. The lowest BCUT2D eigenvalue weighted by molar-refractivity contribution is -0.125. The molecule has 5 rings (SSSR count). The molecule has 0 saturated heterocycles. The van der Waals surface area contributed by atoms with Gasteiger partial charge in [-0.15, -0.1) is 5.10 Å². The van der Waals surface area contributed by atoms with Gasteiger partial charge in [0.25, 0.3) is 5.91 Å². The number of rotatable bonds is 3. The zero-order valence-electron chi connectivity index (χ0n) is 25.1. The number of aromatic nitrogens is 6. The second-order valence-electron chi connectivity index (χ2n) is 11.1. The lowest BCUT2D eigenvalue weighted by Gasteiger charge is -2.24. The third-order valence-corrected chi connectivity index (χ3v) is 7.53. The smallest absolute Gasteiger partial charge is 0.252 e. The van der Waals surface area contributed by atoms with Crippen molar-refractivity contribution < 1.29 is 19.4 Å². The number of ether oxygens (including phenoxy) is 1. The Morgan fingerprint density at radius 1 is 1.14 bits per heavy atom. The topological polar surface area (TPSA) is 152 Å². The highest BCUT2D eigenvalue weighted by atomic mass is 16.5. The summed E-state index contributed by atoms with van der Waals surface area (Å²) in [5.41, 5.74) is 5.80. The number of fused-ring (bicyclic) bond motifs is 5. The van der Waals surface area contributed by atoms with Gasteiger partial charge in [-0.3, -0.25) is 19.2 Å². The summed E-state index contributed by atoms with van der Waals surface area (Å²) in [5.74, 6) is -0.345. The van der Waals surface area contributed by atoms with E-state index in [0.29, 0.717) is 63.5 Å². The second kappa shape index (κ2) is 13.3. The highest BCUT2D eigenvalue weighted by Crippen LogP contribution is 2.20. The summed E-state index contributed by atoms with van der Waals surface area (Å²) in [6.45, 7) is 10.5. The molecule has 0 fully saturated rings. The van der Waals surface area contributed by atoms with Gasteiger partial charge in [-0.2, -0.15) is 5.10 Å². The molecule has 3 N–H and O–H groups in total. The molecule has 43 heavy (non-hydrogen) atoms. The van der Waals surface area contributed by atoms with E-state index in [9.17, 15) is 14.7 Å². The van der Waals surface area contributed by atoms with Crippen LogP contribution in [-0.2, 0) is 24.3 Å². The summed E-state index contributed by atoms with van der Waals surface area (Å²) >= 11 is 0. The quantitative estimate of drug-likeness (QED) is 0.322. The third-order valence-electron chi connectivity index (χ3n) is 7.53. The molecule has 1 aliphatic rings. The zero-order valence-corrected chi connectivity index (χ0v) is 25.1. The standard InChI is InChI=1S/C30H39N9O4/c1-19-6-7-23-15-26(19)43-13-5-10-38-18-25(35-36-38)8-11-37(12-9-31-30(42)27(22(4)40)34-29(23)41)17-24-16-32-39-21(3)14-20(2)33-28(24)39/h6-7,14-16,18,22,27,40H,5,8-13,17H2,1-4H3,(H,31,42)(H,34,41)/t22-,27+/m1/s1. The van der Waals surface area contributed by atoms with E-state index >= 15 is 0 Å². The Kier molecular flexibility index (Phi) is 9.31. The lowest BCUT2D eigenvalue weighted by atomic mass is 10.1. The van der Waals surface area contributed by atoms with Gasteiger partial charge in [0.2, 0.25) is 5.91 Å². The summed E-state index contributed by atoms with van der Waals surface area (Å²) in [7, 11) is 0. The average molecular weight is 590 g/mol. The first kappa shape index (κ1) is 30.1. The van der Waals surface area contributed by atoms with Gasteiger partial charge in [-0.25, -0.2) is 9.50 Å². The molecule has 228 valence electrons. The molecule has 4 bridgehead atoms. The minimum Gasteiger partial charge on any atom is -0.493 e. The fourth-order valence-corrected chi connectivity index (χ4v) is 5.16.